The number of hydrogen-bond donors (Lipinski definition) is 1. The van der Waals surface area contributed by atoms with Gasteiger partial charge in [0, 0.05) is 6.04 Å². The lowest BCUT2D eigenvalue weighted by Gasteiger charge is -2.20. The molecule has 1 aromatic carbocycles. The number of benzene rings is 1. The normalized spacial score (nSPS) is 13.7. The molecule has 0 saturated carbocycles. The van der Waals surface area contributed by atoms with E-state index in [0.29, 0.717) is 11.5 Å². The lowest BCUT2D eigenvalue weighted by Crippen LogP contribution is -2.23. The molecule has 1 rings (SSSR count). The number of hydrogen-bond acceptors (Lipinski definition) is 1. The van der Waals surface area contributed by atoms with Gasteiger partial charge in [-0.15, -0.1) is 0 Å². The third-order valence-corrected chi connectivity index (χ3v) is 3.49. The van der Waals surface area contributed by atoms with E-state index in [1.807, 2.05) is 0 Å². The summed E-state index contributed by atoms with van der Waals surface area (Å²) in [6, 6.07) is 6.95. The van der Waals surface area contributed by atoms with Gasteiger partial charge in [-0.2, -0.15) is 0 Å². The fraction of sp³-hybridized carbons (Fsp3) is 0.647. The minimum absolute atomic E-state index is 0.299. The summed E-state index contributed by atoms with van der Waals surface area (Å²) < 4.78 is 0. The van der Waals surface area contributed by atoms with E-state index in [1.165, 1.54) is 29.5 Å². The summed E-state index contributed by atoms with van der Waals surface area (Å²) in [4.78, 5) is 0. The molecule has 2 N–H and O–H groups in total. The van der Waals surface area contributed by atoms with Crippen LogP contribution in [0.2, 0.25) is 0 Å². The molecule has 0 aliphatic carbocycles. The molecular weight excluding hydrogens is 218 g/mol. The van der Waals surface area contributed by atoms with E-state index in [-0.39, 0.29) is 0 Å². The van der Waals surface area contributed by atoms with Gasteiger partial charge in [0.05, 0.1) is 0 Å². The van der Waals surface area contributed by atoms with Crippen molar-refractivity contribution in [2.75, 3.05) is 0 Å². The summed E-state index contributed by atoms with van der Waals surface area (Å²) in [5, 5.41) is 0. The largest absolute Gasteiger partial charge is 0.327 e. The zero-order valence-corrected chi connectivity index (χ0v) is 12.7. The van der Waals surface area contributed by atoms with Crippen molar-refractivity contribution in [1.29, 1.82) is 0 Å². The van der Waals surface area contributed by atoms with E-state index in [4.69, 9.17) is 5.73 Å². The van der Waals surface area contributed by atoms with Gasteiger partial charge in [0.2, 0.25) is 0 Å². The van der Waals surface area contributed by atoms with Gasteiger partial charge in [0.1, 0.15) is 0 Å². The molecule has 0 aliphatic rings. The molecule has 1 heteroatoms. The van der Waals surface area contributed by atoms with Crippen molar-refractivity contribution in [1.82, 2.24) is 0 Å². The van der Waals surface area contributed by atoms with Gasteiger partial charge >= 0.3 is 0 Å². The van der Waals surface area contributed by atoms with Crippen LogP contribution >= 0.6 is 0 Å². The van der Waals surface area contributed by atoms with Crippen molar-refractivity contribution < 1.29 is 0 Å². The summed E-state index contributed by atoms with van der Waals surface area (Å²) in [5.41, 5.74) is 10.8. The zero-order valence-electron chi connectivity index (χ0n) is 12.7. The molecule has 0 aliphatic heterocycles. The fourth-order valence-corrected chi connectivity index (χ4v) is 2.30. The molecule has 0 bridgehead atoms. The number of rotatable bonds is 5. The predicted molar refractivity (Wildman–Crippen MR) is 80.9 cm³/mol. The Labute approximate surface area is 113 Å². The van der Waals surface area contributed by atoms with Gasteiger partial charge in [-0.3, -0.25) is 0 Å². The molecule has 0 spiro atoms. The highest BCUT2D eigenvalue weighted by Gasteiger charge is 2.12. The first-order chi connectivity index (χ1) is 8.28. The third kappa shape index (κ3) is 5.68. The molecule has 1 atom stereocenters. The summed E-state index contributed by atoms with van der Waals surface area (Å²) in [5.74, 6) is 0. The maximum Gasteiger partial charge on any atom is 0.00794 e. The Hall–Kier alpha value is -0.820. The van der Waals surface area contributed by atoms with E-state index in [1.54, 1.807) is 0 Å². The van der Waals surface area contributed by atoms with Crippen molar-refractivity contribution in [3.05, 3.63) is 34.9 Å². The van der Waals surface area contributed by atoms with Crippen molar-refractivity contribution in [2.24, 2.45) is 11.1 Å². The van der Waals surface area contributed by atoms with Crippen LogP contribution in [0.25, 0.3) is 0 Å². The van der Waals surface area contributed by atoms with Crippen LogP contribution in [0.1, 0.15) is 56.7 Å². The van der Waals surface area contributed by atoms with Gasteiger partial charge in [-0.05, 0) is 49.7 Å². The van der Waals surface area contributed by atoms with Gasteiger partial charge in [-0.1, -0.05) is 51.0 Å². The van der Waals surface area contributed by atoms with Gasteiger partial charge in [0.15, 0.2) is 0 Å². The molecule has 1 nitrogen and oxygen atoms in total. The maximum absolute atomic E-state index is 6.25. The third-order valence-electron chi connectivity index (χ3n) is 3.49. The molecule has 0 amide bonds. The highest BCUT2D eigenvalue weighted by molar-refractivity contribution is 5.31. The van der Waals surface area contributed by atoms with Crippen LogP contribution < -0.4 is 5.73 Å². The molecule has 0 fully saturated rings. The van der Waals surface area contributed by atoms with Crippen LogP contribution in [-0.4, -0.2) is 6.04 Å². The second-order valence-electron chi connectivity index (χ2n) is 6.85. The highest BCUT2D eigenvalue weighted by atomic mass is 14.6. The molecular formula is C17H29N. The summed E-state index contributed by atoms with van der Waals surface area (Å²) >= 11 is 0. The second-order valence-corrected chi connectivity index (χ2v) is 6.85. The van der Waals surface area contributed by atoms with Crippen LogP contribution in [-0.2, 0) is 6.42 Å². The first kappa shape index (κ1) is 15.2. The molecule has 1 unspecified atom stereocenters. The summed E-state index contributed by atoms with van der Waals surface area (Å²) in [7, 11) is 0. The molecule has 0 saturated heterocycles. The van der Waals surface area contributed by atoms with Crippen molar-refractivity contribution >= 4 is 0 Å². The molecule has 18 heavy (non-hydrogen) atoms. The summed E-state index contributed by atoms with van der Waals surface area (Å²) in [6.07, 6.45) is 4.63. The van der Waals surface area contributed by atoms with Crippen LogP contribution in [0.5, 0.6) is 0 Å². The van der Waals surface area contributed by atoms with Crippen LogP contribution in [0.3, 0.4) is 0 Å². The average molecular weight is 247 g/mol. The maximum atomic E-state index is 6.25. The van der Waals surface area contributed by atoms with E-state index < -0.39 is 0 Å². The molecule has 1 aromatic rings. The van der Waals surface area contributed by atoms with Crippen molar-refractivity contribution in [3.8, 4) is 0 Å². The van der Waals surface area contributed by atoms with E-state index in [9.17, 15) is 0 Å². The predicted octanol–water partition coefficient (Wildman–Crippen LogP) is 4.39. The van der Waals surface area contributed by atoms with Crippen LogP contribution in [0.15, 0.2) is 18.2 Å². The highest BCUT2D eigenvalue weighted by Crippen LogP contribution is 2.22. The SMILES string of the molecule is Cc1ccc(C)c(CC(N)CCCC(C)(C)C)c1. The Morgan fingerprint density at radius 1 is 1.17 bits per heavy atom. The molecule has 0 aromatic heterocycles. The quantitative estimate of drug-likeness (QED) is 0.820. The van der Waals surface area contributed by atoms with Gasteiger partial charge in [0.25, 0.3) is 0 Å². The lowest BCUT2D eigenvalue weighted by atomic mass is 9.88. The minimum atomic E-state index is 0.299. The minimum Gasteiger partial charge on any atom is -0.327 e. The molecule has 0 radical (unpaired) electrons. The standard InChI is InChI=1S/C17H29N/c1-13-8-9-14(2)15(11-13)12-16(18)7-6-10-17(3,4)5/h8-9,11,16H,6-7,10,12,18H2,1-5H3. The monoisotopic (exact) mass is 247 g/mol. The topological polar surface area (TPSA) is 26.0 Å². The Kier molecular flexibility index (Phi) is 5.40. The first-order valence-electron chi connectivity index (χ1n) is 7.09. The van der Waals surface area contributed by atoms with Crippen molar-refractivity contribution in [3.63, 3.8) is 0 Å². The van der Waals surface area contributed by atoms with Gasteiger partial charge < -0.3 is 5.73 Å². The van der Waals surface area contributed by atoms with Gasteiger partial charge in [-0.25, -0.2) is 0 Å². The average Bonchev–Trinajstić information content (AvgIpc) is 2.21. The Morgan fingerprint density at radius 2 is 1.83 bits per heavy atom. The second kappa shape index (κ2) is 6.38. The van der Waals surface area contributed by atoms with Crippen molar-refractivity contribution in [2.45, 2.75) is 66.3 Å². The molecule has 0 heterocycles. The number of nitrogens with two attached hydrogens (primary N) is 1. The lowest BCUT2D eigenvalue weighted by molar-refractivity contribution is 0.352. The van der Waals surface area contributed by atoms with Crippen LogP contribution in [0.4, 0.5) is 0 Å². The Balaban J connectivity index is 2.44. The van der Waals surface area contributed by atoms with E-state index >= 15 is 0 Å². The molecule has 102 valence electrons. The van der Waals surface area contributed by atoms with E-state index in [0.717, 1.165) is 12.8 Å². The Bertz CT molecular complexity index is 374. The first-order valence-corrected chi connectivity index (χ1v) is 7.09. The van der Waals surface area contributed by atoms with E-state index in [2.05, 4.69) is 52.8 Å². The zero-order chi connectivity index (χ0) is 13.8. The Morgan fingerprint density at radius 3 is 2.44 bits per heavy atom. The summed E-state index contributed by atoms with van der Waals surface area (Å²) in [6.45, 7) is 11.2. The van der Waals surface area contributed by atoms with Crippen LogP contribution in [0, 0.1) is 19.3 Å². The smallest absolute Gasteiger partial charge is 0.00794 e. The fourth-order valence-electron chi connectivity index (χ4n) is 2.30. The number of aryl methyl sites for hydroxylation is 2.